The fourth-order valence-corrected chi connectivity index (χ4v) is 4.43. The highest BCUT2D eigenvalue weighted by molar-refractivity contribution is 5.94. The van der Waals surface area contributed by atoms with Crippen molar-refractivity contribution in [1.82, 2.24) is 24.7 Å². The number of fused-ring (bicyclic) bond motifs is 1. The Morgan fingerprint density at radius 3 is 2.67 bits per heavy atom. The zero-order valence-corrected chi connectivity index (χ0v) is 19.9. The quantitative estimate of drug-likeness (QED) is 0.306. The third-order valence-corrected chi connectivity index (χ3v) is 6.40. The third-order valence-electron chi connectivity index (χ3n) is 6.40. The summed E-state index contributed by atoms with van der Waals surface area (Å²) in [5, 5.41) is 8.16. The van der Waals surface area contributed by atoms with Crippen LogP contribution in [0, 0.1) is 12.7 Å². The molecule has 9 heteroatoms. The number of hydrogen-bond acceptors (Lipinski definition) is 7. The number of ether oxygens (including phenoxy) is 1. The number of aromatic nitrogens is 5. The van der Waals surface area contributed by atoms with Gasteiger partial charge in [0.15, 0.2) is 11.4 Å². The van der Waals surface area contributed by atoms with Crippen molar-refractivity contribution < 1.29 is 18.3 Å². The van der Waals surface area contributed by atoms with Crippen molar-refractivity contribution in [3.05, 3.63) is 71.4 Å². The van der Waals surface area contributed by atoms with Gasteiger partial charge in [-0.25, -0.2) is 19.2 Å². The Kier molecular flexibility index (Phi) is 5.13. The normalized spacial score (nSPS) is 13.3. The summed E-state index contributed by atoms with van der Waals surface area (Å²) in [6.45, 7) is 1.86. The molecule has 3 aromatic heterocycles. The lowest BCUT2D eigenvalue weighted by Crippen LogP contribution is -2.01. The van der Waals surface area contributed by atoms with Crippen molar-refractivity contribution in [1.29, 1.82) is 0 Å². The van der Waals surface area contributed by atoms with E-state index in [-0.39, 0.29) is 5.82 Å². The maximum Gasteiger partial charge on any atom is 0.337 e. The number of methoxy groups -OCH3 is 1. The van der Waals surface area contributed by atoms with Gasteiger partial charge < -0.3 is 13.7 Å². The summed E-state index contributed by atoms with van der Waals surface area (Å²) >= 11 is 0. The van der Waals surface area contributed by atoms with Crippen LogP contribution in [0.1, 0.15) is 40.4 Å². The predicted octanol–water partition coefficient (Wildman–Crippen LogP) is 5.46. The minimum atomic E-state index is -0.437. The second-order valence-electron chi connectivity index (χ2n) is 9.05. The highest BCUT2D eigenvalue weighted by atomic mass is 19.1. The zero-order valence-electron chi connectivity index (χ0n) is 19.9. The van der Waals surface area contributed by atoms with Gasteiger partial charge in [0.1, 0.15) is 23.4 Å². The van der Waals surface area contributed by atoms with Crippen molar-refractivity contribution in [2.75, 3.05) is 7.11 Å². The van der Waals surface area contributed by atoms with E-state index < -0.39 is 5.97 Å². The number of rotatable bonds is 5. The van der Waals surface area contributed by atoms with Crippen LogP contribution in [0.2, 0.25) is 0 Å². The molecule has 0 atom stereocenters. The van der Waals surface area contributed by atoms with Crippen LogP contribution in [-0.2, 0) is 11.8 Å². The largest absolute Gasteiger partial charge is 0.465 e. The number of aryl methyl sites for hydroxylation is 2. The molecular formula is C27H22FN5O3. The number of hydrogen-bond donors (Lipinski definition) is 0. The number of oxazole rings is 1. The minimum Gasteiger partial charge on any atom is -0.465 e. The molecule has 0 unspecified atom stereocenters. The van der Waals surface area contributed by atoms with Crippen LogP contribution < -0.4 is 0 Å². The van der Waals surface area contributed by atoms with E-state index in [0.29, 0.717) is 45.6 Å². The summed E-state index contributed by atoms with van der Waals surface area (Å²) in [6, 6.07) is 11.9. The Labute approximate surface area is 205 Å². The van der Waals surface area contributed by atoms with E-state index in [1.165, 1.54) is 19.2 Å². The van der Waals surface area contributed by atoms with E-state index in [4.69, 9.17) is 14.1 Å². The van der Waals surface area contributed by atoms with Crippen LogP contribution in [0.5, 0.6) is 0 Å². The molecule has 1 aliphatic rings. The zero-order chi connectivity index (χ0) is 25.0. The first kappa shape index (κ1) is 22.1. The number of pyridine rings is 1. The Bertz CT molecular complexity index is 1650. The van der Waals surface area contributed by atoms with E-state index in [0.717, 1.165) is 35.2 Å². The van der Waals surface area contributed by atoms with E-state index in [9.17, 15) is 9.18 Å². The molecule has 180 valence electrons. The first-order valence-electron chi connectivity index (χ1n) is 11.6. The fourth-order valence-electron chi connectivity index (χ4n) is 4.43. The average Bonchev–Trinajstić information content (AvgIpc) is 3.50. The highest BCUT2D eigenvalue weighted by Crippen LogP contribution is 2.42. The lowest BCUT2D eigenvalue weighted by Gasteiger charge is -2.12. The Morgan fingerprint density at radius 2 is 1.94 bits per heavy atom. The lowest BCUT2D eigenvalue weighted by molar-refractivity contribution is 0.0601. The van der Waals surface area contributed by atoms with Gasteiger partial charge in [-0.2, -0.15) is 0 Å². The molecule has 6 rings (SSSR count). The molecule has 1 fully saturated rings. The monoisotopic (exact) mass is 483 g/mol. The van der Waals surface area contributed by atoms with E-state index >= 15 is 0 Å². The minimum absolute atomic E-state index is 0.348. The highest BCUT2D eigenvalue weighted by Gasteiger charge is 2.27. The average molecular weight is 484 g/mol. The second kappa shape index (κ2) is 8.37. The van der Waals surface area contributed by atoms with Gasteiger partial charge in [0.05, 0.1) is 12.7 Å². The molecule has 3 heterocycles. The Morgan fingerprint density at radius 1 is 1.11 bits per heavy atom. The molecule has 1 saturated carbocycles. The molecule has 36 heavy (non-hydrogen) atoms. The topological polar surface area (TPSA) is 95.9 Å². The van der Waals surface area contributed by atoms with Gasteiger partial charge in [0.2, 0.25) is 5.89 Å². The molecule has 0 radical (unpaired) electrons. The maximum atomic E-state index is 14.3. The Hall–Kier alpha value is -4.40. The molecule has 0 N–H and O–H groups in total. The van der Waals surface area contributed by atoms with Crippen molar-refractivity contribution in [2.24, 2.45) is 7.05 Å². The number of halogens is 1. The fraction of sp³-hybridized carbons (Fsp3) is 0.222. The van der Waals surface area contributed by atoms with Crippen LogP contribution in [0.3, 0.4) is 0 Å². The van der Waals surface area contributed by atoms with Crippen LogP contribution in [0.15, 0.2) is 53.2 Å². The summed E-state index contributed by atoms with van der Waals surface area (Å²) in [5.41, 5.74) is 6.10. The van der Waals surface area contributed by atoms with Crippen LogP contribution >= 0.6 is 0 Å². The van der Waals surface area contributed by atoms with Crippen molar-refractivity contribution >= 4 is 17.1 Å². The van der Waals surface area contributed by atoms with E-state index in [1.54, 1.807) is 29.1 Å². The first-order chi connectivity index (χ1) is 17.4. The maximum absolute atomic E-state index is 14.3. The van der Waals surface area contributed by atoms with Crippen molar-refractivity contribution in [3.63, 3.8) is 0 Å². The second-order valence-corrected chi connectivity index (χ2v) is 9.05. The van der Waals surface area contributed by atoms with E-state index in [2.05, 4.69) is 15.2 Å². The SMILES string of the molecule is COC(=O)c1cc(C)c2oc(-c3cc(-c4ccc(F)cc4-c4nncn4C)cc(C4CC4)n3)nc2c1. The van der Waals surface area contributed by atoms with Gasteiger partial charge in [-0.3, -0.25) is 0 Å². The molecule has 1 aliphatic carbocycles. The molecule has 0 saturated heterocycles. The number of carbonyl (C=O) groups excluding carboxylic acids is 1. The molecule has 0 spiro atoms. The van der Waals surface area contributed by atoms with Gasteiger partial charge in [0, 0.05) is 24.2 Å². The number of nitrogens with zero attached hydrogens (tertiary/aromatic N) is 5. The summed E-state index contributed by atoms with van der Waals surface area (Å²) in [7, 11) is 3.16. The molecule has 5 aromatic rings. The van der Waals surface area contributed by atoms with Crippen molar-refractivity contribution in [2.45, 2.75) is 25.7 Å². The third kappa shape index (κ3) is 3.82. The summed E-state index contributed by atoms with van der Waals surface area (Å²) in [6.07, 6.45) is 3.70. The summed E-state index contributed by atoms with van der Waals surface area (Å²) in [5.74, 6) is 0.474. The van der Waals surface area contributed by atoms with Gasteiger partial charge in [-0.1, -0.05) is 6.07 Å². The predicted molar refractivity (Wildman–Crippen MR) is 131 cm³/mol. The molecule has 0 bridgehead atoms. The van der Waals surface area contributed by atoms with Gasteiger partial charge in [0.25, 0.3) is 0 Å². The Balaban J connectivity index is 1.52. The summed E-state index contributed by atoms with van der Waals surface area (Å²) < 4.78 is 27.0. The number of benzene rings is 2. The smallest absolute Gasteiger partial charge is 0.337 e. The van der Waals surface area contributed by atoms with E-state index in [1.807, 2.05) is 26.1 Å². The van der Waals surface area contributed by atoms with Gasteiger partial charge in [-0.15, -0.1) is 10.2 Å². The van der Waals surface area contributed by atoms with Gasteiger partial charge in [-0.05, 0) is 72.9 Å². The molecule has 0 aliphatic heterocycles. The first-order valence-corrected chi connectivity index (χ1v) is 11.6. The lowest BCUT2D eigenvalue weighted by atomic mass is 9.97. The molecule has 2 aromatic carbocycles. The van der Waals surface area contributed by atoms with Crippen LogP contribution in [0.4, 0.5) is 4.39 Å². The van der Waals surface area contributed by atoms with Crippen LogP contribution in [0.25, 0.3) is 45.2 Å². The molecule has 8 nitrogen and oxygen atoms in total. The summed E-state index contributed by atoms with van der Waals surface area (Å²) in [4.78, 5) is 21.6. The molecule has 0 amide bonds. The number of esters is 1. The van der Waals surface area contributed by atoms with Crippen LogP contribution in [-0.4, -0.2) is 37.8 Å². The number of carbonyl (C=O) groups is 1. The van der Waals surface area contributed by atoms with Crippen molar-refractivity contribution in [3.8, 4) is 34.1 Å². The molecular weight excluding hydrogens is 461 g/mol. The standard InChI is InChI=1S/C27H22FN5O3/c1-14-8-17(27(34)35-3)11-22-24(14)36-26(31-22)23-10-16(9-21(30-23)15-4-5-15)19-7-6-18(28)12-20(19)25-32-29-13-33(25)2/h6-13,15H,4-5H2,1-3H3. The van der Waals surface area contributed by atoms with Gasteiger partial charge >= 0.3 is 5.97 Å².